The maximum absolute atomic E-state index is 5.26. The summed E-state index contributed by atoms with van der Waals surface area (Å²) in [6.07, 6.45) is 1.83. The van der Waals surface area contributed by atoms with Gasteiger partial charge in [-0.2, -0.15) is 0 Å². The molecule has 1 rings (SSSR count). The maximum Gasteiger partial charge on any atom is 0.174 e. The third-order valence-corrected chi connectivity index (χ3v) is 2.70. The van der Waals surface area contributed by atoms with Crippen LogP contribution in [0.2, 0.25) is 0 Å². The first-order valence-electron chi connectivity index (χ1n) is 4.95. The average Bonchev–Trinajstić information content (AvgIpc) is 2.28. The zero-order chi connectivity index (χ0) is 12.0. The standard InChI is InChI=1S/C12H16BrNO2.ClH/c1-4-5-14-8-9-6-10(13)12(16-3)11(7-9)15-2;/h4,6-7,14H,1,5,8H2,2-3H3;1H/p-1. The van der Waals surface area contributed by atoms with Crippen LogP contribution >= 0.6 is 15.9 Å². The molecule has 0 saturated heterocycles. The van der Waals surface area contributed by atoms with Gasteiger partial charge in [0, 0.05) is 13.1 Å². The second-order valence-corrected chi connectivity index (χ2v) is 4.09. The predicted molar refractivity (Wildman–Crippen MR) is 69.1 cm³/mol. The molecular weight excluding hydrogens is 305 g/mol. The van der Waals surface area contributed by atoms with Gasteiger partial charge in [0.1, 0.15) is 0 Å². The highest BCUT2D eigenvalue weighted by Gasteiger charge is 2.09. The van der Waals surface area contributed by atoms with Gasteiger partial charge in [-0.1, -0.05) is 6.08 Å². The third kappa shape index (κ3) is 4.58. The third-order valence-electron chi connectivity index (χ3n) is 2.11. The molecule has 0 radical (unpaired) electrons. The smallest absolute Gasteiger partial charge is 0.174 e. The molecule has 0 amide bonds. The first-order chi connectivity index (χ1) is 7.72. The van der Waals surface area contributed by atoms with E-state index in [1.54, 1.807) is 14.2 Å². The van der Waals surface area contributed by atoms with Gasteiger partial charge in [-0.05, 0) is 33.6 Å². The molecule has 1 aromatic rings. The molecule has 0 saturated carbocycles. The van der Waals surface area contributed by atoms with E-state index < -0.39 is 0 Å². The van der Waals surface area contributed by atoms with Crippen LogP contribution in [-0.4, -0.2) is 20.8 Å². The number of methoxy groups -OCH3 is 2. The molecule has 0 fully saturated rings. The molecule has 0 unspecified atom stereocenters. The van der Waals surface area contributed by atoms with Crippen LogP contribution in [0.1, 0.15) is 5.56 Å². The van der Waals surface area contributed by atoms with Crippen LogP contribution in [0, 0.1) is 0 Å². The van der Waals surface area contributed by atoms with Gasteiger partial charge in [0.15, 0.2) is 11.5 Å². The molecule has 0 atom stereocenters. The molecule has 1 N–H and O–H groups in total. The van der Waals surface area contributed by atoms with E-state index in [2.05, 4.69) is 27.8 Å². The van der Waals surface area contributed by atoms with Gasteiger partial charge in [-0.15, -0.1) is 6.58 Å². The van der Waals surface area contributed by atoms with E-state index >= 15 is 0 Å². The lowest BCUT2D eigenvalue weighted by Gasteiger charge is -2.12. The predicted octanol–water partition coefficient (Wildman–Crippen LogP) is -0.254. The monoisotopic (exact) mass is 320 g/mol. The van der Waals surface area contributed by atoms with Crippen molar-refractivity contribution < 1.29 is 21.9 Å². The van der Waals surface area contributed by atoms with Gasteiger partial charge in [0.2, 0.25) is 0 Å². The van der Waals surface area contributed by atoms with Crippen LogP contribution in [-0.2, 0) is 6.54 Å². The fourth-order valence-electron chi connectivity index (χ4n) is 1.39. The zero-order valence-electron chi connectivity index (χ0n) is 9.93. The molecule has 3 nitrogen and oxygen atoms in total. The first kappa shape index (κ1) is 16.3. The molecule has 96 valence electrons. The molecule has 0 heterocycles. The molecule has 0 bridgehead atoms. The Hall–Kier alpha value is -0.710. The van der Waals surface area contributed by atoms with E-state index in [1.807, 2.05) is 18.2 Å². The van der Waals surface area contributed by atoms with E-state index in [0.717, 1.165) is 34.6 Å². The Morgan fingerprint density at radius 3 is 2.59 bits per heavy atom. The van der Waals surface area contributed by atoms with Crippen molar-refractivity contribution in [1.82, 2.24) is 5.32 Å². The molecular formula is C12H16BrClNO2-. The van der Waals surface area contributed by atoms with Gasteiger partial charge in [0.25, 0.3) is 0 Å². The van der Waals surface area contributed by atoms with Crippen molar-refractivity contribution in [2.75, 3.05) is 20.8 Å². The van der Waals surface area contributed by atoms with Crippen LogP contribution in [0.3, 0.4) is 0 Å². The van der Waals surface area contributed by atoms with Gasteiger partial charge in [-0.3, -0.25) is 0 Å². The quantitative estimate of drug-likeness (QED) is 0.579. The molecule has 0 aliphatic heterocycles. The minimum absolute atomic E-state index is 0. The summed E-state index contributed by atoms with van der Waals surface area (Å²) in [5.41, 5.74) is 1.13. The largest absolute Gasteiger partial charge is 1.00 e. The minimum Gasteiger partial charge on any atom is -1.00 e. The van der Waals surface area contributed by atoms with Gasteiger partial charge in [-0.25, -0.2) is 0 Å². The number of nitrogens with one attached hydrogen (secondary N) is 1. The fraction of sp³-hybridized carbons (Fsp3) is 0.333. The number of halogens is 2. The Kier molecular flexibility index (Phi) is 8.04. The van der Waals surface area contributed by atoms with E-state index in [4.69, 9.17) is 9.47 Å². The van der Waals surface area contributed by atoms with Crippen molar-refractivity contribution in [3.05, 3.63) is 34.8 Å². The Bertz CT molecular complexity index is 372. The van der Waals surface area contributed by atoms with Crippen molar-refractivity contribution in [1.29, 1.82) is 0 Å². The Balaban J connectivity index is 0.00000256. The number of hydrogen-bond donors (Lipinski definition) is 1. The normalized spacial score (nSPS) is 9.35. The van der Waals surface area contributed by atoms with Crippen LogP contribution in [0.25, 0.3) is 0 Å². The second-order valence-electron chi connectivity index (χ2n) is 3.23. The summed E-state index contributed by atoms with van der Waals surface area (Å²) in [7, 11) is 3.25. The molecule has 0 aliphatic rings. The number of hydrogen-bond acceptors (Lipinski definition) is 3. The number of benzene rings is 1. The van der Waals surface area contributed by atoms with E-state index in [-0.39, 0.29) is 12.4 Å². The van der Waals surface area contributed by atoms with E-state index in [0.29, 0.717) is 0 Å². The Labute approximate surface area is 117 Å². The van der Waals surface area contributed by atoms with E-state index in [1.165, 1.54) is 0 Å². The van der Waals surface area contributed by atoms with Crippen LogP contribution < -0.4 is 27.2 Å². The summed E-state index contributed by atoms with van der Waals surface area (Å²) in [6.45, 7) is 5.21. The lowest BCUT2D eigenvalue weighted by atomic mass is 10.2. The molecule has 17 heavy (non-hydrogen) atoms. The number of ether oxygens (including phenoxy) is 2. The van der Waals surface area contributed by atoms with Gasteiger partial charge >= 0.3 is 0 Å². The Morgan fingerprint density at radius 1 is 1.35 bits per heavy atom. The minimum atomic E-state index is 0. The topological polar surface area (TPSA) is 30.5 Å². The number of rotatable bonds is 6. The van der Waals surface area contributed by atoms with Crippen molar-refractivity contribution in [3.63, 3.8) is 0 Å². The molecule has 5 heteroatoms. The SMILES string of the molecule is C=CCNCc1cc(Br)c(OC)c(OC)c1.[Cl-]. The van der Waals surface area contributed by atoms with Crippen molar-refractivity contribution in [2.45, 2.75) is 6.54 Å². The lowest BCUT2D eigenvalue weighted by molar-refractivity contribution is -0.00000376. The summed E-state index contributed by atoms with van der Waals surface area (Å²) in [4.78, 5) is 0. The van der Waals surface area contributed by atoms with Crippen LogP contribution in [0.5, 0.6) is 11.5 Å². The second kappa shape index (κ2) is 8.39. The van der Waals surface area contributed by atoms with Crippen molar-refractivity contribution in [3.8, 4) is 11.5 Å². The summed E-state index contributed by atoms with van der Waals surface area (Å²) < 4.78 is 11.4. The highest BCUT2D eigenvalue weighted by molar-refractivity contribution is 9.10. The van der Waals surface area contributed by atoms with Crippen molar-refractivity contribution in [2.24, 2.45) is 0 Å². The first-order valence-corrected chi connectivity index (χ1v) is 5.74. The van der Waals surface area contributed by atoms with Crippen molar-refractivity contribution >= 4 is 15.9 Å². The molecule has 0 aromatic heterocycles. The highest BCUT2D eigenvalue weighted by atomic mass is 79.9. The van der Waals surface area contributed by atoms with Gasteiger partial charge < -0.3 is 27.2 Å². The maximum atomic E-state index is 5.26. The summed E-state index contributed by atoms with van der Waals surface area (Å²) in [5.74, 6) is 1.45. The van der Waals surface area contributed by atoms with Crippen LogP contribution in [0.15, 0.2) is 29.3 Å². The zero-order valence-corrected chi connectivity index (χ0v) is 12.3. The summed E-state index contributed by atoms with van der Waals surface area (Å²) in [5, 5.41) is 3.23. The molecule has 0 spiro atoms. The summed E-state index contributed by atoms with van der Waals surface area (Å²) in [6, 6.07) is 3.97. The summed E-state index contributed by atoms with van der Waals surface area (Å²) >= 11 is 3.45. The fourth-order valence-corrected chi connectivity index (χ4v) is 2.04. The highest BCUT2D eigenvalue weighted by Crippen LogP contribution is 2.36. The lowest BCUT2D eigenvalue weighted by Crippen LogP contribution is -3.00. The Morgan fingerprint density at radius 2 is 2.06 bits per heavy atom. The molecule has 0 aliphatic carbocycles. The molecule has 1 aromatic carbocycles. The van der Waals surface area contributed by atoms with Crippen LogP contribution in [0.4, 0.5) is 0 Å². The van der Waals surface area contributed by atoms with Gasteiger partial charge in [0.05, 0.1) is 18.7 Å². The van der Waals surface area contributed by atoms with E-state index in [9.17, 15) is 0 Å². The average molecular weight is 322 g/mol.